The predicted molar refractivity (Wildman–Crippen MR) is 92.0 cm³/mol. The average Bonchev–Trinajstić information content (AvgIpc) is 2.61. The van der Waals surface area contributed by atoms with Crippen LogP contribution >= 0.6 is 0 Å². The fourth-order valence-electron chi connectivity index (χ4n) is 3.12. The average molecular weight is 347 g/mol. The Balaban J connectivity index is 1.96. The van der Waals surface area contributed by atoms with Gasteiger partial charge in [0.1, 0.15) is 16.4 Å². The molecule has 1 aliphatic rings. The first-order chi connectivity index (χ1) is 11.5. The van der Waals surface area contributed by atoms with Gasteiger partial charge < -0.3 is 9.47 Å². The number of aryl methyl sites for hydroxylation is 1. The highest BCUT2D eigenvalue weighted by Gasteiger charge is 2.28. The monoisotopic (exact) mass is 347 g/mol. The van der Waals surface area contributed by atoms with Crippen LogP contribution in [0.2, 0.25) is 0 Å². The van der Waals surface area contributed by atoms with Gasteiger partial charge in [-0.25, -0.2) is 13.1 Å². The molecule has 0 fully saturated rings. The summed E-state index contributed by atoms with van der Waals surface area (Å²) in [6, 6.07) is 12.5. The van der Waals surface area contributed by atoms with E-state index >= 15 is 0 Å². The summed E-state index contributed by atoms with van der Waals surface area (Å²) in [5.41, 5.74) is 2.25. The molecule has 1 atom stereocenters. The molecule has 0 spiro atoms. The predicted octanol–water partition coefficient (Wildman–Crippen LogP) is 3.06. The molecule has 0 heterocycles. The van der Waals surface area contributed by atoms with E-state index < -0.39 is 10.0 Å². The van der Waals surface area contributed by atoms with Crippen molar-refractivity contribution < 1.29 is 17.9 Å². The van der Waals surface area contributed by atoms with Crippen molar-refractivity contribution >= 4 is 10.0 Å². The summed E-state index contributed by atoms with van der Waals surface area (Å²) in [5, 5.41) is 0. The van der Waals surface area contributed by atoms with Gasteiger partial charge >= 0.3 is 0 Å². The van der Waals surface area contributed by atoms with Gasteiger partial charge in [0.05, 0.1) is 14.2 Å². The lowest BCUT2D eigenvalue weighted by molar-refractivity contribution is 0.391. The molecular weight excluding hydrogens is 326 g/mol. The Kier molecular flexibility index (Phi) is 4.78. The van der Waals surface area contributed by atoms with Crippen molar-refractivity contribution in [3.63, 3.8) is 0 Å². The van der Waals surface area contributed by atoms with Crippen LogP contribution in [-0.4, -0.2) is 22.6 Å². The van der Waals surface area contributed by atoms with Gasteiger partial charge in [-0.15, -0.1) is 0 Å². The highest BCUT2D eigenvalue weighted by Crippen LogP contribution is 2.33. The van der Waals surface area contributed by atoms with Crippen LogP contribution in [0.3, 0.4) is 0 Å². The highest BCUT2D eigenvalue weighted by molar-refractivity contribution is 7.89. The summed E-state index contributed by atoms with van der Waals surface area (Å²) < 4.78 is 39.0. The zero-order chi connectivity index (χ0) is 17.2. The third-order valence-corrected chi connectivity index (χ3v) is 5.82. The number of rotatable bonds is 5. The van der Waals surface area contributed by atoms with Gasteiger partial charge in [0.2, 0.25) is 10.0 Å². The lowest BCUT2D eigenvalue weighted by atomic mass is 9.88. The molecule has 0 radical (unpaired) electrons. The molecule has 0 saturated carbocycles. The molecule has 0 aliphatic heterocycles. The number of methoxy groups -OCH3 is 2. The molecule has 5 nitrogen and oxygen atoms in total. The number of nitrogens with one attached hydrogen (secondary N) is 1. The molecule has 2 aromatic rings. The number of sulfonamides is 1. The Labute approximate surface area is 142 Å². The SMILES string of the molecule is COc1ccc(OC)c(S(=O)(=O)N[C@@H]2CCCc3ccccc32)c1. The Morgan fingerprint density at radius 3 is 2.62 bits per heavy atom. The molecule has 0 aromatic heterocycles. The number of benzene rings is 2. The van der Waals surface area contributed by atoms with Crippen LogP contribution in [0.1, 0.15) is 30.0 Å². The van der Waals surface area contributed by atoms with E-state index in [0.29, 0.717) is 11.5 Å². The minimum absolute atomic E-state index is 0.0902. The summed E-state index contributed by atoms with van der Waals surface area (Å²) in [4.78, 5) is 0.0902. The molecule has 24 heavy (non-hydrogen) atoms. The summed E-state index contributed by atoms with van der Waals surface area (Å²) in [7, 11) is -0.775. The number of hydrogen-bond donors (Lipinski definition) is 1. The van der Waals surface area contributed by atoms with Crippen LogP contribution in [-0.2, 0) is 16.4 Å². The zero-order valence-electron chi connectivity index (χ0n) is 13.8. The maximum Gasteiger partial charge on any atom is 0.244 e. The van der Waals surface area contributed by atoms with Crippen LogP contribution < -0.4 is 14.2 Å². The Bertz CT molecular complexity index is 833. The quantitative estimate of drug-likeness (QED) is 0.903. The van der Waals surface area contributed by atoms with Crippen LogP contribution in [0.4, 0.5) is 0 Å². The fourth-order valence-corrected chi connectivity index (χ4v) is 4.56. The normalized spacial score (nSPS) is 17.2. The summed E-state index contributed by atoms with van der Waals surface area (Å²) in [6.45, 7) is 0. The van der Waals surface area contributed by atoms with Gasteiger partial charge in [-0.2, -0.15) is 0 Å². The molecule has 0 amide bonds. The number of ether oxygens (including phenoxy) is 2. The van der Waals surface area contributed by atoms with E-state index in [9.17, 15) is 8.42 Å². The molecule has 2 aromatic carbocycles. The highest BCUT2D eigenvalue weighted by atomic mass is 32.2. The smallest absolute Gasteiger partial charge is 0.244 e. The molecule has 1 aliphatic carbocycles. The van der Waals surface area contributed by atoms with Crippen molar-refractivity contribution in [1.82, 2.24) is 4.72 Å². The second kappa shape index (κ2) is 6.83. The number of fused-ring (bicyclic) bond motifs is 1. The molecule has 0 bridgehead atoms. The van der Waals surface area contributed by atoms with E-state index in [2.05, 4.69) is 10.8 Å². The Morgan fingerprint density at radius 2 is 1.88 bits per heavy atom. The van der Waals surface area contributed by atoms with Crippen LogP contribution in [0, 0.1) is 0 Å². The number of hydrogen-bond acceptors (Lipinski definition) is 4. The Morgan fingerprint density at radius 1 is 1.08 bits per heavy atom. The summed E-state index contributed by atoms with van der Waals surface area (Å²) >= 11 is 0. The maximum atomic E-state index is 12.9. The first kappa shape index (κ1) is 16.8. The van der Waals surface area contributed by atoms with E-state index in [4.69, 9.17) is 9.47 Å². The van der Waals surface area contributed by atoms with E-state index in [1.807, 2.05) is 18.2 Å². The van der Waals surface area contributed by atoms with E-state index in [1.165, 1.54) is 25.8 Å². The molecule has 3 rings (SSSR count). The maximum absolute atomic E-state index is 12.9. The lowest BCUT2D eigenvalue weighted by Gasteiger charge is -2.26. The summed E-state index contributed by atoms with van der Waals surface area (Å²) in [6.07, 6.45) is 2.72. The van der Waals surface area contributed by atoms with Crippen molar-refractivity contribution in [2.75, 3.05) is 14.2 Å². The first-order valence-corrected chi connectivity index (χ1v) is 9.35. The minimum Gasteiger partial charge on any atom is -0.497 e. The topological polar surface area (TPSA) is 64.6 Å². The Hall–Kier alpha value is -2.05. The van der Waals surface area contributed by atoms with Gasteiger partial charge in [-0.05, 0) is 42.5 Å². The molecule has 0 unspecified atom stereocenters. The van der Waals surface area contributed by atoms with E-state index in [0.717, 1.165) is 24.8 Å². The van der Waals surface area contributed by atoms with Crippen molar-refractivity contribution in [3.8, 4) is 11.5 Å². The van der Waals surface area contributed by atoms with Crippen molar-refractivity contribution in [3.05, 3.63) is 53.6 Å². The lowest BCUT2D eigenvalue weighted by Crippen LogP contribution is -2.31. The van der Waals surface area contributed by atoms with E-state index in [1.54, 1.807) is 12.1 Å². The third kappa shape index (κ3) is 3.25. The van der Waals surface area contributed by atoms with Crippen LogP contribution in [0.25, 0.3) is 0 Å². The van der Waals surface area contributed by atoms with Gasteiger partial charge in [-0.1, -0.05) is 24.3 Å². The fraction of sp³-hybridized carbons (Fsp3) is 0.333. The second-order valence-electron chi connectivity index (χ2n) is 5.78. The van der Waals surface area contributed by atoms with Crippen LogP contribution in [0.5, 0.6) is 11.5 Å². The van der Waals surface area contributed by atoms with Gasteiger partial charge in [0, 0.05) is 12.1 Å². The van der Waals surface area contributed by atoms with E-state index in [-0.39, 0.29) is 10.9 Å². The van der Waals surface area contributed by atoms with Crippen molar-refractivity contribution in [2.45, 2.75) is 30.2 Å². The van der Waals surface area contributed by atoms with Crippen molar-refractivity contribution in [1.29, 1.82) is 0 Å². The zero-order valence-corrected chi connectivity index (χ0v) is 14.6. The van der Waals surface area contributed by atoms with Crippen molar-refractivity contribution in [2.24, 2.45) is 0 Å². The molecule has 6 heteroatoms. The third-order valence-electron chi connectivity index (χ3n) is 4.33. The van der Waals surface area contributed by atoms with Crippen LogP contribution in [0.15, 0.2) is 47.4 Å². The molecule has 1 N–H and O–H groups in total. The standard InChI is InChI=1S/C18H21NO4S/c1-22-14-10-11-17(23-2)18(12-14)24(20,21)19-16-9-5-7-13-6-3-4-8-15(13)16/h3-4,6,8,10-12,16,19H,5,7,9H2,1-2H3/t16-/m1/s1. The largest absolute Gasteiger partial charge is 0.497 e. The molecule has 0 saturated heterocycles. The second-order valence-corrected chi connectivity index (χ2v) is 7.46. The summed E-state index contributed by atoms with van der Waals surface area (Å²) in [5.74, 6) is 0.771. The molecular formula is C18H21NO4S. The van der Waals surface area contributed by atoms with Gasteiger partial charge in [-0.3, -0.25) is 0 Å². The first-order valence-electron chi connectivity index (χ1n) is 7.87. The molecule has 128 valence electrons. The van der Waals surface area contributed by atoms with Gasteiger partial charge in [0.25, 0.3) is 0 Å². The minimum atomic E-state index is -3.73. The van der Waals surface area contributed by atoms with Gasteiger partial charge in [0.15, 0.2) is 0 Å².